The van der Waals surface area contributed by atoms with Gasteiger partial charge in [-0.1, -0.05) is 42.5 Å². The number of nitro benzene ring substituents is 1. The van der Waals surface area contributed by atoms with Gasteiger partial charge in [0, 0.05) is 6.07 Å². The third-order valence-corrected chi connectivity index (χ3v) is 3.49. The first kappa shape index (κ1) is 14.9. The van der Waals surface area contributed by atoms with Gasteiger partial charge in [0.15, 0.2) is 5.82 Å². The lowest BCUT2D eigenvalue weighted by atomic mass is 10.1. The van der Waals surface area contributed by atoms with Crippen molar-refractivity contribution < 1.29 is 4.92 Å². The minimum Gasteiger partial charge on any atom is -0.321 e. The number of hydrogen-bond donors (Lipinski definition) is 2. The number of para-hydroxylation sites is 1. The average Bonchev–Trinajstić information content (AvgIpc) is 3.06. The van der Waals surface area contributed by atoms with E-state index < -0.39 is 4.92 Å². The SMILES string of the molecule is N[C@H](Cc1ccccc1)c1nc(-c2ccccc2[N+](=O)[O-])n[nH]1. The number of rotatable bonds is 5. The number of hydrogen-bond acceptors (Lipinski definition) is 5. The monoisotopic (exact) mass is 309 g/mol. The molecule has 0 bridgehead atoms. The highest BCUT2D eigenvalue weighted by Crippen LogP contribution is 2.27. The number of benzene rings is 2. The smallest absolute Gasteiger partial charge is 0.280 e. The lowest BCUT2D eigenvalue weighted by Crippen LogP contribution is -2.15. The number of nitrogens with two attached hydrogens (primary N) is 1. The maximum Gasteiger partial charge on any atom is 0.280 e. The predicted octanol–water partition coefficient (Wildman–Crippen LogP) is 2.62. The summed E-state index contributed by atoms with van der Waals surface area (Å²) in [6, 6.07) is 15.8. The highest BCUT2D eigenvalue weighted by atomic mass is 16.6. The van der Waals surface area contributed by atoms with E-state index in [9.17, 15) is 10.1 Å². The summed E-state index contributed by atoms with van der Waals surface area (Å²) < 4.78 is 0. The van der Waals surface area contributed by atoms with Crippen LogP contribution in [0.2, 0.25) is 0 Å². The molecule has 7 nitrogen and oxygen atoms in total. The molecule has 0 aliphatic rings. The Morgan fingerprint density at radius 3 is 2.57 bits per heavy atom. The predicted molar refractivity (Wildman–Crippen MR) is 85.5 cm³/mol. The van der Waals surface area contributed by atoms with Gasteiger partial charge in [-0.25, -0.2) is 4.98 Å². The highest BCUT2D eigenvalue weighted by Gasteiger charge is 2.19. The Morgan fingerprint density at radius 1 is 1.13 bits per heavy atom. The van der Waals surface area contributed by atoms with E-state index in [1.54, 1.807) is 18.2 Å². The molecule has 0 amide bonds. The van der Waals surface area contributed by atoms with Crippen molar-refractivity contribution in [2.45, 2.75) is 12.5 Å². The fourth-order valence-corrected chi connectivity index (χ4v) is 2.35. The number of nitrogens with one attached hydrogen (secondary N) is 1. The van der Waals surface area contributed by atoms with E-state index in [1.807, 2.05) is 30.3 Å². The summed E-state index contributed by atoms with van der Waals surface area (Å²) in [5.41, 5.74) is 7.57. The van der Waals surface area contributed by atoms with Gasteiger partial charge in [0.2, 0.25) is 0 Å². The van der Waals surface area contributed by atoms with Crippen LogP contribution in [-0.4, -0.2) is 20.1 Å². The van der Waals surface area contributed by atoms with Crippen LogP contribution in [0.5, 0.6) is 0 Å². The Bertz CT molecular complexity index is 816. The summed E-state index contributed by atoms with van der Waals surface area (Å²) in [5.74, 6) is 0.776. The van der Waals surface area contributed by atoms with E-state index in [2.05, 4.69) is 15.2 Å². The maximum absolute atomic E-state index is 11.1. The van der Waals surface area contributed by atoms with Crippen molar-refractivity contribution in [3.05, 3.63) is 76.1 Å². The molecule has 7 heteroatoms. The van der Waals surface area contributed by atoms with Gasteiger partial charge in [-0.05, 0) is 18.1 Å². The zero-order valence-corrected chi connectivity index (χ0v) is 12.2. The van der Waals surface area contributed by atoms with Crippen molar-refractivity contribution in [2.24, 2.45) is 5.73 Å². The lowest BCUT2D eigenvalue weighted by Gasteiger charge is -2.07. The number of aromatic amines is 1. The van der Waals surface area contributed by atoms with Crippen molar-refractivity contribution in [2.75, 3.05) is 0 Å². The molecule has 3 aromatic rings. The van der Waals surface area contributed by atoms with Crippen LogP contribution in [0.25, 0.3) is 11.4 Å². The van der Waals surface area contributed by atoms with Crippen LogP contribution in [0.4, 0.5) is 5.69 Å². The molecule has 0 fully saturated rings. The first-order chi connectivity index (χ1) is 11.1. The lowest BCUT2D eigenvalue weighted by molar-refractivity contribution is -0.384. The average molecular weight is 309 g/mol. The maximum atomic E-state index is 11.1. The first-order valence-electron chi connectivity index (χ1n) is 7.11. The van der Waals surface area contributed by atoms with E-state index >= 15 is 0 Å². The fraction of sp³-hybridized carbons (Fsp3) is 0.125. The summed E-state index contributed by atoms with van der Waals surface area (Å²) in [7, 11) is 0. The van der Waals surface area contributed by atoms with E-state index in [0.29, 0.717) is 17.8 Å². The van der Waals surface area contributed by atoms with Gasteiger partial charge in [0.1, 0.15) is 5.82 Å². The van der Waals surface area contributed by atoms with Crippen LogP contribution in [0.3, 0.4) is 0 Å². The molecule has 3 rings (SSSR count). The number of aromatic nitrogens is 3. The van der Waals surface area contributed by atoms with Gasteiger partial charge >= 0.3 is 0 Å². The van der Waals surface area contributed by atoms with E-state index in [-0.39, 0.29) is 17.6 Å². The van der Waals surface area contributed by atoms with Crippen molar-refractivity contribution in [3.63, 3.8) is 0 Å². The van der Waals surface area contributed by atoms with Gasteiger partial charge in [0.25, 0.3) is 5.69 Å². The molecule has 3 N–H and O–H groups in total. The molecule has 0 unspecified atom stereocenters. The zero-order valence-electron chi connectivity index (χ0n) is 12.2. The first-order valence-corrected chi connectivity index (χ1v) is 7.11. The van der Waals surface area contributed by atoms with Crippen LogP contribution in [0, 0.1) is 10.1 Å². The molecule has 0 saturated carbocycles. The molecule has 0 spiro atoms. The number of H-pyrrole nitrogens is 1. The van der Waals surface area contributed by atoms with Crippen molar-refractivity contribution in [1.29, 1.82) is 0 Å². The molecule has 1 atom stereocenters. The minimum absolute atomic E-state index is 0.0327. The Morgan fingerprint density at radius 2 is 1.83 bits per heavy atom. The summed E-state index contributed by atoms with van der Waals surface area (Å²) >= 11 is 0. The summed E-state index contributed by atoms with van der Waals surface area (Å²) in [6.07, 6.45) is 0.604. The molecule has 0 saturated heterocycles. The normalized spacial score (nSPS) is 12.0. The van der Waals surface area contributed by atoms with Crippen LogP contribution in [0.15, 0.2) is 54.6 Å². The Kier molecular flexibility index (Phi) is 4.11. The van der Waals surface area contributed by atoms with Gasteiger partial charge in [0.05, 0.1) is 16.5 Å². The molecule has 116 valence electrons. The molecule has 1 heterocycles. The Hall–Kier alpha value is -3.06. The standard InChI is InChI=1S/C16H15N5O2/c17-13(10-11-6-2-1-3-7-11)16-18-15(19-20-16)12-8-4-5-9-14(12)21(22)23/h1-9,13H,10,17H2,(H,18,19,20)/t13-/m1/s1. The molecule has 2 aromatic carbocycles. The second kappa shape index (κ2) is 6.37. The van der Waals surface area contributed by atoms with Crippen molar-refractivity contribution in [3.8, 4) is 11.4 Å². The number of nitrogens with zero attached hydrogens (tertiary/aromatic N) is 3. The van der Waals surface area contributed by atoms with Gasteiger partial charge in [-0.2, -0.15) is 5.10 Å². The quantitative estimate of drug-likeness (QED) is 0.556. The molecule has 0 aliphatic carbocycles. The van der Waals surface area contributed by atoms with Crippen molar-refractivity contribution in [1.82, 2.24) is 15.2 Å². The van der Waals surface area contributed by atoms with Gasteiger partial charge in [-0.3, -0.25) is 15.2 Å². The van der Waals surface area contributed by atoms with Gasteiger partial charge in [-0.15, -0.1) is 0 Å². The van der Waals surface area contributed by atoms with E-state index in [4.69, 9.17) is 5.73 Å². The third kappa shape index (κ3) is 3.24. The second-order valence-corrected chi connectivity index (χ2v) is 5.11. The van der Waals surface area contributed by atoms with Crippen LogP contribution in [0.1, 0.15) is 17.4 Å². The molecule has 0 aliphatic heterocycles. The Labute approximate surface area is 132 Å². The largest absolute Gasteiger partial charge is 0.321 e. The van der Waals surface area contributed by atoms with Crippen molar-refractivity contribution >= 4 is 5.69 Å². The molecule has 0 radical (unpaired) electrons. The topological polar surface area (TPSA) is 111 Å². The Balaban J connectivity index is 1.85. The summed E-state index contributed by atoms with van der Waals surface area (Å²) in [5, 5.41) is 17.9. The molecule has 1 aromatic heterocycles. The molecular formula is C16H15N5O2. The van der Waals surface area contributed by atoms with E-state index in [0.717, 1.165) is 5.56 Å². The minimum atomic E-state index is -0.449. The second-order valence-electron chi connectivity index (χ2n) is 5.11. The molecular weight excluding hydrogens is 294 g/mol. The van der Waals surface area contributed by atoms with Crippen LogP contribution < -0.4 is 5.73 Å². The van der Waals surface area contributed by atoms with Crippen LogP contribution >= 0.6 is 0 Å². The van der Waals surface area contributed by atoms with Crippen LogP contribution in [-0.2, 0) is 6.42 Å². The number of nitro groups is 1. The summed E-state index contributed by atoms with van der Waals surface area (Å²) in [4.78, 5) is 15.0. The summed E-state index contributed by atoms with van der Waals surface area (Å²) in [6.45, 7) is 0. The van der Waals surface area contributed by atoms with Gasteiger partial charge < -0.3 is 5.73 Å². The molecule has 23 heavy (non-hydrogen) atoms. The third-order valence-electron chi connectivity index (χ3n) is 3.49. The highest BCUT2D eigenvalue weighted by molar-refractivity contribution is 5.67. The van der Waals surface area contributed by atoms with E-state index in [1.165, 1.54) is 6.07 Å². The zero-order chi connectivity index (χ0) is 16.2. The fourth-order valence-electron chi connectivity index (χ4n) is 2.35.